The first-order valence-corrected chi connectivity index (χ1v) is 8.17. The normalized spacial score (nSPS) is 10.6. The topological polar surface area (TPSA) is 59.8 Å². The van der Waals surface area contributed by atoms with Crippen LogP contribution in [0.3, 0.4) is 0 Å². The van der Waals surface area contributed by atoms with Crippen molar-refractivity contribution < 1.29 is 4.79 Å². The highest BCUT2D eigenvalue weighted by molar-refractivity contribution is 14.1. The number of nitrogens with zero attached hydrogens (tertiary/aromatic N) is 3. The number of halogens is 1. The van der Waals surface area contributed by atoms with Crippen LogP contribution in [0.1, 0.15) is 21.6 Å². The van der Waals surface area contributed by atoms with Crippen molar-refractivity contribution in [1.29, 1.82) is 0 Å². The first-order chi connectivity index (χ1) is 11.1. The standard InChI is InChI=1S/C17H15IN4O/c1-11-6-7-13(18)9-15(11)21-17(23)14-10-20-22(12(14)2)16-5-3-4-8-19-16/h3-10H,1-2H3,(H,21,23). The third-order valence-electron chi connectivity index (χ3n) is 3.57. The van der Waals surface area contributed by atoms with Gasteiger partial charge in [-0.2, -0.15) is 5.10 Å². The maximum absolute atomic E-state index is 12.6. The third kappa shape index (κ3) is 3.26. The van der Waals surface area contributed by atoms with Crippen LogP contribution >= 0.6 is 22.6 Å². The molecule has 0 aliphatic carbocycles. The maximum atomic E-state index is 12.6. The van der Waals surface area contributed by atoms with Gasteiger partial charge >= 0.3 is 0 Å². The van der Waals surface area contributed by atoms with Crippen molar-refractivity contribution in [2.75, 3.05) is 5.32 Å². The Hall–Kier alpha value is -2.22. The molecule has 0 bridgehead atoms. The number of hydrogen-bond donors (Lipinski definition) is 1. The third-order valence-corrected chi connectivity index (χ3v) is 4.24. The molecule has 0 aliphatic rings. The van der Waals surface area contributed by atoms with Crippen molar-refractivity contribution in [1.82, 2.24) is 14.8 Å². The van der Waals surface area contributed by atoms with Gasteiger partial charge in [-0.3, -0.25) is 4.79 Å². The molecule has 0 saturated heterocycles. The van der Waals surface area contributed by atoms with Gasteiger partial charge in [0, 0.05) is 15.5 Å². The predicted molar refractivity (Wildman–Crippen MR) is 97.9 cm³/mol. The second kappa shape index (κ2) is 6.49. The monoisotopic (exact) mass is 418 g/mol. The van der Waals surface area contributed by atoms with E-state index in [-0.39, 0.29) is 5.91 Å². The Morgan fingerprint density at radius 2 is 2.04 bits per heavy atom. The van der Waals surface area contributed by atoms with E-state index >= 15 is 0 Å². The number of amides is 1. The Morgan fingerprint density at radius 3 is 2.78 bits per heavy atom. The van der Waals surface area contributed by atoms with E-state index in [2.05, 4.69) is 38.0 Å². The molecule has 1 amide bonds. The second-order valence-electron chi connectivity index (χ2n) is 5.16. The van der Waals surface area contributed by atoms with Crippen molar-refractivity contribution in [3.63, 3.8) is 0 Å². The van der Waals surface area contributed by atoms with Gasteiger partial charge in [-0.25, -0.2) is 9.67 Å². The zero-order valence-electron chi connectivity index (χ0n) is 12.7. The molecule has 5 nitrogen and oxygen atoms in total. The minimum atomic E-state index is -0.171. The smallest absolute Gasteiger partial charge is 0.259 e. The largest absolute Gasteiger partial charge is 0.322 e. The van der Waals surface area contributed by atoms with Crippen LogP contribution in [-0.4, -0.2) is 20.7 Å². The number of rotatable bonds is 3. The Bertz CT molecular complexity index is 858. The summed E-state index contributed by atoms with van der Waals surface area (Å²) in [5.41, 5.74) is 3.12. The van der Waals surface area contributed by atoms with Crippen molar-refractivity contribution >= 4 is 34.2 Å². The highest BCUT2D eigenvalue weighted by Crippen LogP contribution is 2.20. The summed E-state index contributed by atoms with van der Waals surface area (Å²) < 4.78 is 2.74. The van der Waals surface area contributed by atoms with Crippen LogP contribution in [0, 0.1) is 17.4 Å². The number of carbonyl (C=O) groups is 1. The summed E-state index contributed by atoms with van der Waals surface area (Å²) in [4.78, 5) is 16.8. The highest BCUT2D eigenvalue weighted by Gasteiger charge is 2.16. The van der Waals surface area contributed by atoms with E-state index < -0.39 is 0 Å². The van der Waals surface area contributed by atoms with Crippen LogP contribution in [0.25, 0.3) is 5.82 Å². The van der Waals surface area contributed by atoms with Gasteiger partial charge in [0.2, 0.25) is 0 Å². The Kier molecular flexibility index (Phi) is 4.42. The first-order valence-electron chi connectivity index (χ1n) is 7.10. The number of anilines is 1. The Balaban J connectivity index is 1.89. The molecule has 6 heteroatoms. The molecule has 2 aromatic heterocycles. The summed E-state index contributed by atoms with van der Waals surface area (Å²) in [6.07, 6.45) is 3.27. The summed E-state index contributed by atoms with van der Waals surface area (Å²) in [5, 5.41) is 7.24. The lowest BCUT2D eigenvalue weighted by atomic mass is 10.2. The van der Waals surface area contributed by atoms with Gasteiger partial charge in [0.15, 0.2) is 5.82 Å². The average Bonchev–Trinajstić information content (AvgIpc) is 2.93. The summed E-state index contributed by atoms with van der Waals surface area (Å²) in [5.74, 6) is 0.518. The number of aryl methyl sites for hydroxylation is 1. The lowest BCUT2D eigenvalue weighted by Crippen LogP contribution is -2.14. The maximum Gasteiger partial charge on any atom is 0.259 e. The molecular formula is C17H15IN4O. The first kappa shape index (κ1) is 15.7. The molecule has 23 heavy (non-hydrogen) atoms. The fourth-order valence-corrected chi connectivity index (χ4v) is 2.75. The Labute approximate surface area is 147 Å². The molecule has 2 heterocycles. The molecule has 1 aromatic carbocycles. The second-order valence-corrected chi connectivity index (χ2v) is 6.40. The highest BCUT2D eigenvalue weighted by atomic mass is 127. The van der Waals surface area contributed by atoms with Gasteiger partial charge in [-0.1, -0.05) is 12.1 Å². The Morgan fingerprint density at radius 1 is 1.22 bits per heavy atom. The molecule has 3 aromatic rings. The molecule has 1 N–H and O–H groups in total. The fourth-order valence-electron chi connectivity index (χ4n) is 2.26. The quantitative estimate of drug-likeness (QED) is 0.660. The number of carbonyl (C=O) groups excluding carboxylic acids is 1. The molecule has 116 valence electrons. The van der Waals surface area contributed by atoms with E-state index in [0.29, 0.717) is 11.4 Å². The van der Waals surface area contributed by atoms with Crippen LogP contribution in [-0.2, 0) is 0 Å². The van der Waals surface area contributed by atoms with Crippen LogP contribution < -0.4 is 5.32 Å². The van der Waals surface area contributed by atoms with Gasteiger partial charge in [0.1, 0.15) is 0 Å². The van der Waals surface area contributed by atoms with Crippen molar-refractivity contribution in [2.24, 2.45) is 0 Å². The van der Waals surface area contributed by atoms with E-state index in [1.54, 1.807) is 17.1 Å². The minimum absolute atomic E-state index is 0.171. The summed E-state index contributed by atoms with van der Waals surface area (Å²) in [6, 6.07) is 11.5. The lowest BCUT2D eigenvalue weighted by molar-refractivity contribution is 0.102. The van der Waals surface area contributed by atoms with Crippen LogP contribution in [0.4, 0.5) is 5.69 Å². The predicted octanol–water partition coefficient (Wildman–Crippen LogP) is 3.74. The molecule has 0 aliphatic heterocycles. The lowest BCUT2D eigenvalue weighted by Gasteiger charge is -2.09. The van der Waals surface area contributed by atoms with E-state index in [4.69, 9.17) is 0 Å². The molecule has 0 saturated carbocycles. The zero-order valence-corrected chi connectivity index (χ0v) is 14.9. The molecule has 0 unspecified atom stereocenters. The number of benzene rings is 1. The van der Waals surface area contributed by atoms with Gasteiger partial charge in [-0.05, 0) is 66.3 Å². The fraction of sp³-hybridized carbons (Fsp3) is 0.118. The number of pyridine rings is 1. The number of hydrogen-bond acceptors (Lipinski definition) is 3. The van der Waals surface area contributed by atoms with E-state index in [1.165, 1.54) is 0 Å². The number of aromatic nitrogens is 3. The SMILES string of the molecule is Cc1ccc(I)cc1NC(=O)c1cnn(-c2ccccn2)c1C. The minimum Gasteiger partial charge on any atom is -0.322 e. The average molecular weight is 418 g/mol. The van der Waals surface area contributed by atoms with Gasteiger partial charge in [0.05, 0.1) is 17.5 Å². The van der Waals surface area contributed by atoms with Gasteiger partial charge < -0.3 is 5.32 Å². The van der Waals surface area contributed by atoms with Crippen LogP contribution in [0.2, 0.25) is 0 Å². The van der Waals surface area contributed by atoms with Gasteiger partial charge in [-0.15, -0.1) is 0 Å². The summed E-state index contributed by atoms with van der Waals surface area (Å²) >= 11 is 2.23. The summed E-state index contributed by atoms with van der Waals surface area (Å²) in [7, 11) is 0. The molecule has 0 spiro atoms. The van der Waals surface area contributed by atoms with E-state index in [1.807, 2.05) is 50.2 Å². The molecule has 3 rings (SSSR count). The molecular weight excluding hydrogens is 403 g/mol. The van der Waals surface area contributed by atoms with Crippen LogP contribution in [0.15, 0.2) is 48.8 Å². The van der Waals surface area contributed by atoms with Crippen molar-refractivity contribution in [3.05, 3.63) is 69.2 Å². The zero-order chi connectivity index (χ0) is 16.4. The summed E-state index contributed by atoms with van der Waals surface area (Å²) in [6.45, 7) is 3.83. The van der Waals surface area contributed by atoms with Gasteiger partial charge in [0.25, 0.3) is 5.91 Å². The molecule has 0 fully saturated rings. The van der Waals surface area contributed by atoms with Crippen LogP contribution in [0.5, 0.6) is 0 Å². The number of nitrogens with one attached hydrogen (secondary N) is 1. The van der Waals surface area contributed by atoms with E-state index in [9.17, 15) is 4.79 Å². The van der Waals surface area contributed by atoms with Crippen molar-refractivity contribution in [2.45, 2.75) is 13.8 Å². The van der Waals surface area contributed by atoms with Crippen molar-refractivity contribution in [3.8, 4) is 5.82 Å². The molecule has 0 radical (unpaired) electrons. The molecule has 0 atom stereocenters. The van der Waals surface area contributed by atoms with E-state index in [0.717, 1.165) is 20.5 Å².